The fourth-order valence-electron chi connectivity index (χ4n) is 1.67. The first-order valence-electron chi connectivity index (χ1n) is 5.09. The Morgan fingerprint density at radius 1 is 1.73 bits per heavy atom. The van der Waals surface area contributed by atoms with Crippen molar-refractivity contribution in [1.29, 1.82) is 0 Å². The number of thioether (sulfide) groups is 1. The molecule has 0 aliphatic carbocycles. The summed E-state index contributed by atoms with van der Waals surface area (Å²) in [7, 11) is 0. The molecule has 2 unspecified atom stereocenters. The van der Waals surface area contributed by atoms with Gasteiger partial charge < -0.3 is 15.2 Å². The minimum Gasteiger partial charge on any atom is -0.386 e. The lowest BCUT2D eigenvalue weighted by molar-refractivity contribution is -0.123. The molecule has 2 rings (SSSR count). The number of carbonyl (C=O) groups is 1. The van der Waals surface area contributed by atoms with E-state index in [1.807, 2.05) is 0 Å². The summed E-state index contributed by atoms with van der Waals surface area (Å²) in [4.78, 5) is 11.6. The first-order valence-corrected chi connectivity index (χ1v) is 6.24. The lowest BCUT2D eigenvalue weighted by atomic mass is 10.0. The van der Waals surface area contributed by atoms with Crippen molar-refractivity contribution in [1.82, 2.24) is 10.6 Å². The minimum atomic E-state index is -0.860. The molecular formula is C9H16N2O3S. The Balaban J connectivity index is 1.74. The second kappa shape index (κ2) is 4.69. The lowest BCUT2D eigenvalue weighted by Gasteiger charge is -2.21. The van der Waals surface area contributed by atoms with Crippen LogP contribution < -0.4 is 10.6 Å². The molecule has 0 saturated carbocycles. The van der Waals surface area contributed by atoms with Crippen LogP contribution in [0.1, 0.15) is 6.42 Å². The minimum absolute atomic E-state index is 0.0275. The summed E-state index contributed by atoms with van der Waals surface area (Å²) in [5.74, 6) is 1.60. The highest BCUT2D eigenvalue weighted by atomic mass is 32.2. The van der Waals surface area contributed by atoms with E-state index in [-0.39, 0.29) is 18.5 Å². The van der Waals surface area contributed by atoms with E-state index in [2.05, 4.69) is 10.6 Å². The van der Waals surface area contributed by atoms with Crippen LogP contribution in [0, 0.1) is 0 Å². The van der Waals surface area contributed by atoms with Crippen LogP contribution in [-0.2, 0) is 9.53 Å². The first-order chi connectivity index (χ1) is 7.20. The van der Waals surface area contributed by atoms with E-state index in [4.69, 9.17) is 4.74 Å². The van der Waals surface area contributed by atoms with Gasteiger partial charge in [0.05, 0.1) is 12.6 Å². The standard InChI is InChI=1S/C9H16N2O3S/c12-8(7-3-15-6-11-7)10-4-9(13)1-2-14-5-9/h7,11,13H,1-6H2,(H,10,12). The molecule has 0 aromatic rings. The van der Waals surface area contributed by atoms with Gasteiger partial charge in [0, 0.05) is 31.2 Å². The molecule has 2 atom stereocenters. The van der Waals surface area contributed by atoms with Crippen LogP contribution in [0.25, 0.3) is 0 Å². The predicted molar refractivity (Wildman–Crippen MR) is 57.6 cm³/mol. The summed E-state index contributed by atoms with van der Waals surface area (Å²) in [5, 5.41) is 15.8. The van der Waals surface area contributed by atoms with E-state index in [9.17, 15) is 9.90 Å². The van der Waals surface area contributed by atoms with Gasteiger partial charge in [0.15, 0.2) is 0 Å². The van der Waals surface area contributed by atoms with E-state index in [1.165, 1.54) is 0 Å². The molecule has 15 heavy (non-hydrogen) atoms. The number of nitrogens with one attached hydrogen (secondary N) is 2. The summed E-state index contributed by atoms with van der Waals surface area (Å²) in [6.45, 7) is 1.18. The van der Waals surface area contributed by atoms with Crippen LogP contribution in [0.4, 0.5) is 0 Å². The highest BCUT2D eigenvalue weighted by molar-refractivity contribution is 7.99. The van der Waals surface area contributed by atoms with Gasteiger partial charge in [-0.1, -0.05) is 0 Å². The molecule has 2 aliphatic heterocycles. The summed E-state index contributed by atoms with van der Waals surface area (Å²) < 4.78 is 5.10. The summed E-state index contributed by atoms with van der Waals surface area (Å²) in [6, 6.07) is -0.110. The maximum Gasteiger partial charge on any atom is 0.238 e. The van der Waals surface area contributed by atoms with Crippen molar-refractivity contribution < 1.29 is 14.6 Å². The number of hydrogen-bond donors (Lipinski definition) is 3. The van der Waals surface area contributed by atoms with Gasteiger partial charge >= 0.3 is 0 Å². The lowest BCUT2D eigenvalue weighted by Crippen LogP contribution is -2.49. The van der Waals surface area contributed by atoms with Crippen LogP contribution >= 0.6 is 11.8 Å². The fraction of sp³-hybridized carbons (Fsp3) is 0.889. The molecule has 3 N–H and O–H groups in total. The summed E-state index contributed by atoms with van der Waals surface area (Å²) >= 11 is 1.71. The third kappa shape index (κ3) is 2.84. The number of carbonyl (C=O) groups excluding carboxylic acids is 1. The van der Waals surface area contributed by atoms with Gasteiger partial charge in [0.25, 0.3) is 0 Å². The highest BCUT2D eigenvalue weighted by Crippen LogP contribution is 2.17. The third-order valence-corrected chi connectivity index (χ3v) is 3.65. The van der Waals surface area contributed by atoms with Gasteiger partial charge in [-0.15, -0.1) is 11.8 Å². The van der Waals surface area contributed by atoms with Crippen molar-refractivity contribution in [3.63, 3.8) is 0 Å². The van der Waals surface area contributed by atoms with Crippen molar-refractivity contribution in [2.45, 2.75) is 18.1 Å². The molecule has 2 heterocycles. The van der Waals surface area contributed by atoms with E-state index in [0.717, 1.165) is 11.6 Å². The number of amides is 1. The van der Waals surface area contributed by atoms with Crippen LogP contribution in [0.15, 0.2) is 0 Å². The molecular weight excluding hydrogens is 216 g/mol. The molecule has 86 valence electrons. The predicted octanol–water partition coefficient (Wildman–Crippen LogP) is -1.08. The Morgan fingerprint density at radius 3 is 3.20 bits per heavy atom. The molecule has 2 aliphatic rings. The Labute approximate surface area is 92.9 Å². The average molecular weight is 232 g/mol. The van der Waals surface area contributed by atoms with Crippen LogP contribution in [0.5, 0.6) is 0 Å². The molecule has 0 bridgehead atoms. The average Bonchev–Trinajstić information content (AvgIpc) is 2.85. The van der Waals surface area contributed by atoms with E-state index < -0.39 is 5.60 Å². The third-order valence-electron chi connectivity index (χ3n) is 2.71. The zero-order chi connectivity index (χ0) is 10.7. The molecule has 1 amide bonds. The van der Waals surface area contributed by atoms with Crippen molar-refractivity contribution in [3.05, 3.63) is 0 Å². The smallest absolute Gasteiger partial charge is 0.238 e. The first kappa shape index (κ1) is 11.2. The van der Waals surface area contributed by atoms with Gasteiger partial charge in [-0.05, 0) is 0 Å². The van der Waals surface area contributed by atoms with Crippen LogP contribution in [0.2, 0.25) is 0 Å². The molecule has 6 heteroatoms. The van der Waals surface area contributed by atoms with Crippen molar-refractivity contribution in [2.24, 2.45) is 0 Å². The van der Waals surface area contributed by atoms with Gasteiger partial charge in [-0.25, -0.2) is 0 Å². The number of ether oxygens (including phenoxy) is 1. The van der Waals surface area contributed by atoms with Gasteiger partial charge in [0.1, 0.15) is 5.60 Å². The topological polar surface area (TPSA) is 70.6 Å². The van der Waals surface area contributed by atoms with Gasteiger partial charge in [0.2, 0.25) is 5.91 Å². The SMILES string of the molecule is O=C(NCC1(O)CCOC1)C1CSCN1. The summed E-state index contributed by atoms with van der Waals surface area (Å²) in [5.41, 5.74) is -0.860. The monoisotopic (exact) mass is 232 g/mol. The number of rotatable bonds is 3. The number of hydrogen-bond acceptors (Lipinski definition) is 5. The zero-order valence-corrected chi connectivity index (χ0v) is 9.31. The molecule has 0 aromatic carbocycles. The van der Waals surface area contributed by atoms with E-state index in [0.29, 0.717) is 19.6 Å². The molecule has 0 radical (unpaired) electrons. The van der Waals surface area contributed by atoms with E-state index in [1.54, 1.807) is 11.8 Å². The molecule has 0 spiro atoms. The number of aliphatic hydroxyl groups is 1. The highest BCUT2D eigenvalue weighted by Gasteiger charge is 2.33. The maximum absolute atomic E-state index is 11.6. The van der Waals surface area contributed by atoms with Crippen molar-refractivity contribution >= 4 is 17.7 Å². The Morgan fingerprint density at radius 2 is 2.60 bits per heavy atom. The normalized spacial score (nSPS) is 35.7. The van der Waals surface area contributed by atoms with Gasteiger partial charge in [-0.2, -0.15) is 0 Å². The van der Waals surface area contributed by atoms with E-state index >= 15 is 0 Å². The Hall–Kier alpha value is -0.300. The second-order valence-electron chi connectivity index (χ2n) is 4.02. The largest absolute Gasteiger partial charge is 0.386 e. The molecule has 5 nitrogen and oxygen atoms in total. The van der Waals surface area contributed by atoms with Crippen molar-refractivity contribution in [2.75, 3.05) is 31.4 Å². The zero-order valence-electron chi connectivity index (χ0n) is 8.49. The second-order valence-corrected chi connectivity index (χ2v) is 5.05. The fourth-order valence-corrected chi connectivity index (χ4v) is 2.62. The summed E-state index contributed by atoms with van der Waals surface area (Å²) in [6.07, 6.45) is 0.597. The molecule has 2 fully saturated rings. The quantitative estimate of drug-likeness (QED) is 0.577. The maximum atomic E-state index is 11.6. The van der Waals surface area contributed by atoms with Crippen molar-refractivity contribution in [3.8, 4) is 0 Å². The van der Waals surface area contributed by atoms with Crippen LogP contribution in [-0.4, -0.2) is 54.0 Å². The molecule has 2 saturated heterocycles. The molecule has 0 aromatic heterocycles. The van der Waals surface area contributed by atoms with Crippen LogP contribution in [0.3, 0.4) is 0 Å². The Kier molecular flexibility index (Phi) is 3.50. The Bertz CT molecular complexity index is 238. The van der Waals surface area contributed by atoms with Gasteiger partial charge in [-0.3, -0.25) is 10.1 Å².